The molecule has 0 unspecified atom stereocenters. The first kappa shape index (κ1) is 22.5. The van der Waals surface area contributed by atoms with Crippen LogP contribution in [0.5, 0.6) is 17.2 Å². The lowest BCUT2D eigenvalue weighted by atomic mass is 10.1. The number of thioether (sulfide) groups is 1. The number of nitrogens with zero attached hydrogens (tertiary/aromatic N) is 2. The number of hydrogen-bond acceptors (Lipinski definition) is 7. The summed E-state index contributed by atoms with van der Waals surface area (Å²) in [6, 6.07) is 12.3. The molecule has 2 saturated heterocycles. The summed E-state index contributed by atoms with van der Waals surface area (Å²) in [6.07, 6.45) is 0.0918. The van der Waals surface area contributed by atoms with E-state index in [2.05, 4.69) is 4.99 Å². The monoisotopic (exact) mass is 476 g/mol. The minimum Gasteiger partial charge on any atom is -0.497 e. The van der Waals surface area contributed by atoms with E-state index in [4.69, 9.17) is 14.2 Å². The summed E-state index contributed by atoms with van der Waals surface area (Å²) < 4.78 is 40.2. The first-order chi connectivity index (χ1) is 15.3. The zero-order valence-corrected chi connectivity index (χ0v) is 19.6. The van der Waals surface area contributed by atoms with Gasteiger partial charge in [0, 0.05) is 10.9 Å². The third-order valence-corrected chi connectivity index (χ3v) is 8.65. The van der Waals surface area contributed by atoms with Crippen molar-refractivity contribution in [1.82, 2.24) is 0 Å². The van der Waals surface area contributed by atoms with Gasteiger partial charge >= 0.3 is 0 Å². The quantitative estimate of drug-likeness (QED) is 0.628. The molecule has 32 heavy (non-hydrogen) atoms. The van der Waals surface area contributed by atoms with Gasteiger partial charge < -0.3 is 19.1 Å². The first-order valence-corrected chi connectivity index (χ1v) is 12.7. The van der Waals surface area contributed by atoms with Gasteiger partial charge in [-0.1, -0.05) is 17.8 Å². The molecular formula is C22H24N2O6S2. The molecule has 0 aromatic heterocycles. The van der Waals surface area contributed by atoms with E-state index in [0.29, 0.717) is 22.4 Å². The summed E-state index contributed by atoms with van der Waals surface area (Å²) in [5.74, 6) is 1.62. The molecule has 0 spiro atoms. The highest BCUT2D eigenvalue weighted by molar-refractivity contribution is 8.16. The van der Waals surface area contributed by atoms with Crippen molar-refractivity contribution in [2.24, 2.45) is 4.99 Å². The fraction of sp³-hybridized carbons (Fsp3) is 0.364. The van der Waals surface area contributed by atoms with Gasteiger partial charge in [-0.25, -0.2) is 8.42 Å². The van der Waals surface area contributed by atoms with Crippen molar-refractivity contribution in [3.05, 3.63) is 48.0 Å². The molecule has 2 atom stereocenters. The van der Waals surface area contributed by atoms with Gasteiger partial charge in [0.1, 0.15) is 5.75 Å². The van der Waals surface area contributed by atoms with Gasteiger partial charge in [-0.15, -0.1) is 0 Å². The van der Waals surface area contributed by atoms with E-state index >= 15 is 0 Å². The van der Waals surface area contributed by atoms with Gasteiger partial charge in [-0.2, -0.15) is 4.99 Å². The Kier molecular flexibility index (Phi) is 6.34. The third-order valence-electron chi connectivity index (χ3n) is 5.44. The minimum absolute atomic E-state index is 0.0413. The standard InChI is InChI=1S/C22H24N2O6S2/c1-28-16-7-5-15(6-8-16)24-17-12-32(26,27)13-20(17)31-22(24)23-21(25)11-14-4-9-18(29-2)19(10-14)30-3/h4-10,17,20H,11-13H2,1-3H3/t17-,20-/m1/s1. The van der Waals surface area contributed by atoms with Gasteiger partial charge in [-0.3, -0.25) is 4.79 Å². The number of amides is 1. The lowest BCUT2D eigenvalue weighted by Crippen LogP contribution is -2.37. The Morgan fingerprint density at radius 2 is 1.75 bits per heavy atom. The van der Waals surface area contributed by atoms with Crippen molar-refractivity contribution in [3.8, 4) is 17.2 Å². The Hall–Kier alpha value is -2.72. The highest BCUT2D eigenvalue weighted by Gasteiger charge is 2.49. The summed E-state index contributed by atoms with van der Waals surface area (Å²) in [4.78, 5) is 19.0. The molecule has 2 aliphatic rings. The van der Waals surface area contributed by atoms with Crippen LogP contribution in [0.25, 0.3) is 0 Å². The van der Waals surface area contributed by atoms with Crippen LogP contribution in [0.3, 0.4) is 0 Å². The number of rotatable bonds is 6. The SMILES string of the molecule is COc1ccc(N2C(=NC(=O)Cc3ccc(OC)c(OC)c3)S[C@@H]3CS(=O)(=O)C[C@H]32)cc1. The molecule has 2 fully saturated rings. The largest absolute Gasteiger partial charge is 0.497 e. The maximum Gasteiger partial charge on any atom is 0.252 e. The summed E-state index contributed by atoms with van der Waals surface area (Å²) in [7, 11) is 1.55. The number of ether oxygens (including phenoxy) is 3. The van der Waals surface area contributed by atoms with Crippen LogP contribution < -0.4 is 19.1 Å². The Balaban J connectivity index is 1.61. The third kappa shape index (κ3) is 4.56. The van der Waals surface area contributed by atoms with E-state index < -0.39 is 9.84 Å². The van der Waals surface area contributed by atoms with Gasteiger partial charge in [0.25, 0.3) is 5.91 Å². The van der Waals surface area contributed by atoms with E-state index in [9.17, 15) is 13.2 Å². The number of sulfone groups is 1. The number of anilines is 1. The molecule has 1 amide bonds. The number of amidine groups is 1. The van der Waals surface area contributed by atoms with Crippen LogP contribution in [-0.2, 0) is 21.1 Å². The highest BCUT2D eigenvalue weighted by atomic mass is 32.2. The first-order valence-electron chi connectivity index (χ1n) is 9.96. The van der Waals surface area contributed by atoms with E-state index in [1.54, 1.807) is 51.7 Å². The second-order valence-electron chi connectivity index (χ2n) is 7.52. The molecule has 2 aromatic carbocycles. The number of benzene rings is 2. The molecule has 0 bridgehead atoms. The van der Waals surface area contributed by atoms with E-state index in [1.165, 1.54) is 11.8 Å². The van der Waals surface area contributed by atoms with Crippen molar-refractivity contribution in [3.63, 3.8) is 0 Å². The topological polar surface area (TPSA) is 94.5 Å². The Bertz CT molecular complexity index is 1150. The molecule has 2 aromatic rings. The van der Waals surface area contributed by atoms with Crippen molar-refractivity contribution < 1.29 is 27.4 Å². The van der Waals surface area contributed by atoms with Gasteiger partial charge in [0.15, 0.2) is 26.5 Å². The lowest BCUT2D eigenvalue weighted by molar-refractivity contribution is -0.117. The molecule has 4 rings (SSSR count). The number of carbonyl (C=O) groups is 1. The number of methoxy groups -OCH3 is 3. The molecule has 2 aliphatic heterocycles. The van der Waals surface area contributed by atoms with Crippen molar-refractivity contribution in [2.75, 3.05) is 37.7 Å². The van der Waals surface area contributed by atoms with Crippen LogP contribution in [0, 0.1) is 0 Å². The fourth-order valence-corrected chi connectivity index (χ4v) is 7.85. The molecule has 10 heteroatoms. The van der Waals surface area contributed by atoms with Gasteiger partial charge in [-0.05, 0) is 42.0 Å². The van der Waals surface area contributed by atoms with Crippen molar-refractivity contribution >= 4 is 38.4 Å². The zero-order valence-electron chi connectivity index (χ0n) is 18.0. The smallest absolute Gasteiger partial charge is 0.252 e. The molecule has 0 N–H and O–H groups in total. The second kappa shape index (κ2) is 9.03. The maximum absolute atomic E-state index is 12.8. The summed E-state index contributed by atoms with van der Waals surface area (Å²) in [5, 5.41) is 0.361. The summed E-state index contributed by atoms with van der Waals surface area (Å²) >= 11 is 1.35. The second-order valence-corrected chi connectivity index (χ2v) is 10.9. The van der Waals surface area contributed by atoms with Gasteiger partial charge in [0.2, 0.25) is 0 Å². The minimum atomic E-state index is -3.13. The highest BCUT2D eigenvalue weighted by Crippen LogP contribution is 2.41. The van der Waals surface area contributed by atoms with E-state index in [1.807, 2.05) is 17.0 Å². The number of fused-ring (bicyclic) bond motifs is 1. The number of hydrogen-bond donors (Lipinski definition) is 0. The van der Waals surface area contributed by atoms with Crippen LogP contribution in [0.4, 0.5) is 5.69 Å². The van der Waals surface area contributed by atoms with Crippen molar-refractivity contribution in [2.45, 2.75) is 17.7 Å². The summed E-state index contributed by atoms with van der Waals surface area (Å²) in [5.41, 5.74) is 1.53. The summed E-state index contributed by atoms with van der Waals surface area (Å²) in [6.45, 7) is 0. The molecular weight excluding hydrogens is 452 g/mol. The maximum atomic E-state index is 12.8. The average molecular weight is 477 g/mol. The van der Waals surface area contributed by atoms with Crippen LogP contribution in [0.2, 0.25) is 0 Å². The number of aliphatic imine (C=N–C) groups is 1. The molecule has 0 aliphatic carbocycles. The Morgan fingerprint density at radius 3 is 2.41 bits per heavy atom. The molecule has 0 radical (unpaired) electrons. The zero-order chi connectivity index (χ0) is 22.9. The predicted octanol–water partition coefficient (Wildman–Crippen LogP) is 2.56. The van der Waals surface area contributed by atoms with E-state index in [-0.39, 0.29) is 35.1 Å². The van der Waals surface area contributed by atoms with E-state index in [0.717, 1.165) is 11.3 Å². The van der Waals surface area contributed by atoms with Gasteiger partial charge in [0.05, 0.1) is 45.3 Å². The Morgan fingerprint density at radius 1 is 1.03 bits per heavy atom. The molecule has 0 saturated carbocycles. The van der Waals surface area contributed by atoms with Crippen LogP contribution in [0.1, 0.15) is 5.56 Å². The molecule has 8 nitrogen and oxygen atoms in total. The Labute approximate surface area is 191 Å². The predicted molar refractivity (Wildman–Crippen MR) is 125 cm³/mol. The normalized spacial score (nSPS) is 22.6. The van der Waals surface area contributed by atoms with Crippen molar-refractivity contribution in [1.29, 1.82) is 0 Å². The molecule has 2 heterocycles. The van der Waals surface area contributed by atoms with Crippen LogP contribution >= 0.6 is 11.8 Å². The average Bonchev–Trinajstić information content (AvgIpc) is 3.24. The molecule has 170 valence electrons. The lowest BCUT2D eigenvalue weighted by Gasteiger charge is -2.24. The fourth-order valence-electron chi connectivity index (χ4n) is 3.92. The van der Waals surface area contributed by atoms with Crippen LogP contribution in [0.15, 0.2) is 47.5 Å². The van der Waals surface area contributed by atoms with Crippen LogP contribution in [-0.4, -0.2) is 63.6 Å². The number of carbonyl (C=O) groups excluding carboxylic acids is 1.